The van der Waals surface area contributed by atoms with Crippen LogP contribution in [0.1, 0.15) is 79.3 Å². The van der Waals surface area contributed by atoms with Crippen molar-refractivity contribution in [3.05, 3.63) is 203 Å². The number of rotatable bonds is 5. The third kappa shape index (κ3) is 5.23. The molecule has 61 heavy (non-hydrogen) atoms. The Kier molecular flexibility index (Phi) is 8.14. The average molecular weight is 801 g/mol. The van der Waals surface area contributed by atoms with Gasteiger partial charge >= 0.3 is 0 Å². The van der Waals surface area contributed by atoms with Crippen LogP contribution in [0.4, 0.5) is 0 Å². The molecule has 0 aliphatic heterocycles. The van der Waals surface area contributed by atoms with E-state index in [0.29, 0.717) is 5.92 Å². The summed E-state index contributed by atoms with van der Waals surface area (Å²) < 4.78 is 0. The van der Waals surface area contributed by atoms with Gasteiger partial charge in [0.1, 0.15) is 0 Å². The monoisotopic (exact) mass is 800 g/mol. The minimum atomic E-state index is -1.75. The molecule has 12 rings (SSSR count). The van der Waals surface area contributed by atoms with Gasteiger partial charge in [-0.3, -0.25) is 0 Å². The van der Waals surface area contributed by atoms with Crippen LogP contribution in [0.3, 0.4) is 0 Å². The lowest BCUT2D eigenvalue weighted by atomic mass is 9.71. The Hall–Kier alpha value is -6.02. The van der Waals surface area contributed by atoms with Crippen LogP contribution in [-0.4, -0.2) is 8.07 Å². The van der Waals surface area contributed by atoms with Crippen molar-refractivity contribution in [2.75, 3.05) is 0 Å². The number of hydrogen-bond acceptors (Lipinski definition) is 0. The molecule has 3 atom stereocenters. The van der Waals surface area contributed by atoms with E-state index in [0.717, 1.165) is 19.3 Å². The molecule has 0 nitrogen and oxygen atoms in total. The van der Waals surface area contributed by atoms with Crippen LogP contribution in [0.25, 0.3) is 71.7 Å². The van der Waals surface area contributed by atoms with Gasteiger partial charge < -0.3 is 0 Å². The molecule has 3 unspecified atom stereocenters. The predicted octanol–water partition coefficient (Wildman–Crippen LogP) is 15.9. The molecule has 0 aromatic heterocycles. The summed E-state index contributed by atoms with van der Waals surface area (Å²) in [6.45, 7) is 12.4. The predicted molar refractivity (Wildman–Crippen MR) is 266 cm³/mol. The molecule has 296 valence electrons. The molecule has 0 spiro atoms. The molecule has 6 aromatic rings. The molecular formula is C60H52Si. The molecule has 0 fully saturated rings. The Balaban J connectivity index is 1.26. The molecule has 0 saturated heterocycles. The lowest BCUT2D eigenvalue weighted by Crippen LogP contribution is -2.49. The van der Waals surface area contributed by atoms with Crippen molar-refractivity contribution in [2.45, 2.75) is 64.1 Å². The Morgan fingerprint density at radius 3 is 1.77 bits per heavy atom. The molecule has 0 saturated carbocycles. The summed E-state index contributed by atoms with van der Waals surface area (Å²) in [7, 11) is -1.75. The summed E-state index contributed by atoms with van der Waals surface area (Å²) >= 11 is 0. The Morgan fingerprint density at radius 2 is 1.15 bits per heavy atom. The molecule has 6 aliphatic rings. The SMILES string of the molecule is CC(C)(C)[Si](C)(C)c1ccc2c(c1)C1=CC=C3c4c(c(C5C=CC=CC5)c5c(-c6ccccc6)c6ccccc6c(-c6ccccc6)c5c4C4=CCCC=C4)C4=CC=C2C1C34. The highest BCUT2D eigenvalue weighted by Crippen LogP contribution is 2.66. The molecule has 0 radical (unpaired) electrons. The summed E-state index contributed by atoms with van der Waals surface area (Å²) in [5.41, 5.74) is 21.4. The van der Waals surface area contributed by atoms with Crippen molar-refractivity contribution in [3.63, 3.8) is 0 Å². The minimum absolute atomic E-state index is 0.228. The van der Waals surface area contributed by atoms with Gasteiger partial charge in [-0.1, -0.05) is 209 Å². The average Bonchev–Trinajstić information content (AvgIpc) is 3.80. The first-order valence-corrected chi connectivity index (χ1v) is 25.6. The van der Waals surface area contributed by atoms with E-state index in [4.69, 9.17) is 0 Å². The maximum atomic E-state index is 2.62. The molecule has 1 heteroatoms. The van der Waals surface area contributed by atoms with E-state index in [1.54, 1.807) is 5.19 Å². The van der Waals surface area contributed by atoms with Gasteiger partial charge in [-0.15, -0.1) is 0 Å². The quantitative estimate of drug-likeness (QED) is 0.120. The maximum absolute atomic E-state index is 2.62. The van der Waals surface area contributed by atoms with Crippen molar-refractivity contribution in [1.29, 1.82) is 0 Å². The molecule has 6 aromatic carbocycles. The zero-order valence-electron chi connectivity index (χ0n) is 36.0. The topological polar surface area (TPSA) is 0 Å². The summed E-state index contributed by atoms with van der Waals surface area (Å²) in [6.07, 6.45) is 30.2. The fraction of sp³-hybridized carbons (Fsp3) is 0.200. The first-order chi connectivity index (χ1) is 29.7. The van der Waals surface area contributed by atoms with Crippen LogP contribution in [0, 0.1) is 11.8 Å². The molecular weight excluding hydrogens is 749 g/mol. The van der Waals surface area contributed by atoms with Crippen molar-refractivity contribution in [2.24, 2.45) is 11.8 Å². The van der Waals surface area contributed by atoms with Crippen LogP contribution in [0.15, 0.2) is 170 Å². The highest BCUT2D eigenvalue weighted by Gasteiger charge is 2.50. The molecule has 0 N–H and O–H groups in total. The number of hydrogen-bond donors (Lipinski definition) is 0. The van der Waals surface area contributed by atoms with Crippen LogP contribution in [-0.2, 0) is 0 Å². The van der Waals surface area contributed by atoms with Gasteiger partial charge in [-0.2, -0.15) is 0 Å². The summed E-state index contributed by atoms with van der Waals surface area (Å²) in [4.78, 5) is 0. The van der Waals surface area contributed by atoms with Crippen LogP contribution < -0.4 is 5.19 Å². The van der Waals surface area contributed by atoms with Crippen molar-refractivity contribution >= 4 is 62.7 Å². The van der Waals surface area contributed by atoms with Crippen LogP contribution in [0.2, 0.25) is 18.1 Å². The lowest BCUT2D eigenvalue weighted by molar-refractivity contribution is 0.729. The van der Waals surface area contributed by atoms with E-state index in [2.05, 4.69) is 204 Å². The third-order valence-corrected chi connectivity index (χ3v) is 21.1. The van der Waals surface area contributed by atoms with Gasteiger partial charge in [0.15, 0.2) is 0 Å². The highest BCUT2D eigenvalue weighted by atomic mass is 28.3. The zero-order chi connectivity index (χ0) is 41.2. The lowest BCUT2D eigenvalue weighted by Gasteiger charge is -2.37. The van der Waals surface area contributed by atoms with Gasteiger partial charge in [0.05, 0.1) is 8.07 Å². The Bertz CT molecular complexity index is 3140. The number of fused-ring (bicyclic) bond motifs is 8. The van der Waals surface area contributed by atoms with Crippen LogP contribution >= 0.6 is 0 Å². The largest absolute Gasteiger partial charge is 0.0859 e. The van der Waals surface area contributed by atoms with E-state index in [1.807, 2.05) is 0 Å². The van der Waals surface area contributed by atoms with Gasteiger partial charge in [0, 0.05) is 17.8 Å². The maximum Gasteiger partial charge on any atom is 0.0859 e. The van der Waals surface area contributed by atoms with Gasteiger partial charge in [-0.25, -0.2) is 0 Å². The van der Waals surface area contributed by atoms with Crippen molar-refractivity contribution in [3.8, 4) is 22.3 Å². The normalized spacial score (nSPS) is 20.8. The van der Waals surface area contributed by atoms with E-state index < -0.39 is 8.07 Å². The second kappa shape index (κ2) is 13.5. The highest BCUT2D eigenvalue weighted by molar-refractivity contribution is 6.92. The Morgan fingerprint density at radius 1 is 0.541 bits per heavy atom. The summed E-state index contributed by atoms with van der Waals surface area (Å²) in [5, 5.41) is 7.28. The van der Waals surface area contributed by atoms with Crippen LogP contribution in [0.5, 0.6) is 0 Å². The van der Waals surface area contributed by atoms with Crippen molar-refractivity contribution in [1.82, 2.24) is 0 Å². The number of allylic oxidation sites excluding steroid dienone is 16. The van der Waals surface area contributed by atoms with Gasteiger partial charge in [0.25, 0.3) is 0 Å². The molecule has 6 aliphatic carbocycles. The second-order valence-electron chi connectivity index (χ2n) is 19.7. The minimum Gasteiger partial charge on any atom is -0.0836 e. The fourth-order valence-corrected chi connectivity index (χ4v) is 13.7. The smallest absolute Gasteiger partial charge is 0.0836 e. The second-order valence-corrected chi connectivity index (χ2v) is 25.0. The molecule has 0 heterocycles. The summed E-state index contributed by atoms with van der Waals surface area (Å²) in [6, 6.07) is 39.4. The zero-order valence-corrected chi connectivity index (χ0v) is 37.0. The third-order valence-electron chi connectivity index (χ3n) is 15.6. The first-order valence-electron chi connectivity index (χ1n) is 22.6. The fourth-order valence-electron chi connectivity index (χ4n) is 11.8. The summed E-state index contributed by atoms with van der Waals surface area (Å²) in [5.74, 6) is 0.796. The van der Waals surface area contributed by atoms with E-state index >= 15 is 0 Å². The molecule has 0 amide bonds. The Labute approximate surface area is 362 Å². The number of benzene rings is 6. The van der Waals surface area contributed by atoms with E-state index in [-0.39, 0.29) is 16.9 Å². The van der Waals surface area contributed by atoms with E-state index in [1.165, 1.54) is 105 Å². The van der Waals surface area contributed by atoms with Gasteiger partial charge in [-0.05, 0) is 129 Å². The molecule has 0 bridgehead atoms. The van der Waals surface area contributed by atoms with E-state index in [9.17, 15) is 0 Å². The standard InChI is InChI=1S/C60H52Si/c1-60(2,3)61(4,5)41-30-31-42-45-32-34-47-55-48(35-33-46(54(45)55)49(42)36-41)57-53(40-26-16-9-17-27-40)59-51(38-22-12-7-13-23-38)44-29-19-18-28-43(44)50(37-20-10-6-11-21-37)58(59)52(56(47)57)39-24-14-8-15-25-39/h6-8,10-16,18-24,26-36,39,54-55H,9,17,25H2,1-5H3. The van der Waals surface area contributed by atoms with Crippen molar-refractivity contribution < 1.29 is 0 Å². The van der Waals surface area contributed by atoms with Gasteiger partial charge in [0.2, 0.25) is 0 Å². The first kappa shape index (κ1) is 36.8.